The summed E-state index contributed by atoms with van der Waals surface area (Å²) < 4.78 is 1.85. The van der Waals surface area contributed by atoms with Gasteiger partial charge in [0.15, 0.2) is 0 Å². The van der Waals surface area contributed by atoms with Crippen LogP contribution in [0.3, 0.4) is 0 Å². The van der Waals surface area contributed by atoms with Crippen molar-refractivity contribution in [3.8, 4) is 0 Å². The quantitative estimate of drug-likeness (QED) is 0.602. The van der Waals surface area contributed by atoms with E-state index in [1.165, 1.54) is 0 Å². The van der Waals surface area contributed by atoms with E-state index in [1.807, 2.05) is 59.8 Å². The van der Waals surface area contributed by atoms with E-state index in [0.29, 0.717) is 43.1 Å². The number of aromatic nitrogens is 4. The summed E-state index contributed by atoms with van der Waals surface area (Å²) in [6, 6.07) is 11.7. The molecular weight excluding hydrogens is 416 g/mol. The highest BCUT2D eigenvalue weighted by atomic mass is 16.2. The monoisotopic (exact) mass is 446 g/mol. The number of carbonyl (C=O) groups excluding carboxylic acids is 2. The summed E-state index contributed by atoms with van der Waals surface area (Å²) in [6.45, 7) is 6.22. The first kappa shape index (κ1) is 22.6. The van der Waals surface area contributed by atoms with Gasteiger partial charge in [0.2, 0.25) is 5.91 Å². The van der Waals surface area contributed by atoms with Crippen LogP contribution in [0.25, 0.3) is 0 Å². The van der Waals surface area contributed by atoms with E-state index in [0.717, 1.165) is 30.6 Å². The van der Waals surface area contributed by atoms with E-state index in [1.54, 1.807) is 12.4 Å². The summed E-state index contributed by atoms with van der Waals surface area (Å²) in [7, 11) is 0. The Hall–Kier alpha value is -3.55. The van der Waals surface area contributed by atoms with Gasteiger partial charge in [0.05, 0.1) is 11.3 Å². The van der Waals surface area contributed by atoms with Gasteiger partial charge in [0.25, 0.3) is 5.91 Å². The molecule has 1 N–H and O–H groups in total. The van der Waals surface area contributed by atoms with Crippen LogP contribution in [0, 0.1) is 13.8 Å². The number of aryl methyl sites for hydroxylation is 3. The van der Waals surface area contributed by atoms with Crippen LogP contribution >= 0.6 is 0 Å². The van der Waals surface area contributed by atoms with Crippen LogP contribution < -0.4 is 5.32 Å². The molecular formula is C25H30N6O2. The van der Waals surface area contributed by atoms with Crippen LogP contribution in [0.5, 0.6) is 0 Å². The maximum atomic E-state index is 12.8. The largest absolute Gasteiger partial charge is 0.348 e. The lowest BCUT2D eigenvalue weighted by atomic mass is 9.96. The van der Waals surface area contributed by atoms with Crippen LogP contribution in [0.4, 0.5) is 0 Å². The molecule has 1 saturated heterocycles. The van der Waals surface area contributed by atoms with E-state index in [9.17, 15) is 9.59 Å². The molecule has 1 aliphatic rings. The van der Waals surface area contributed by atoms with E-state index in [2.05, 4.69) is 20.4 Å². The number of amides is 2. The first-order valence-corrected chi connectivity index (χ1v) is 11.4. The van der Waals surface area contributed by atoms with Crippen molar-refractivity contribution in [2.24, 2.45) is 0 Å². The maximum absolute atomic E-state index is 12.8. The van der Waals surface area contributed by atoms with Gasteiger partial charge in [-0.3, -0.25) is 14.3 Å². The van der Waals surface area contributed by atoms with Gasteiger partial charge < -0.3 is 10.2 Å². The van der Waals surface area contributed by atoms with Crippen molar-refractivity contribution in [1.29, 1.82) is 0 Å². The van der Waals surface area contributed by atoms with E-state index in [4.69, 9.17) is 0 Å². The van der Waals surface area contributed by atoms with Crippen LogP contribution in [-0.2, 0) is 17.9 Å². The van der Waals surface area contributed by atoms with Crippen molar-refractivity contribution in [1.82, 2.24) is 30.0 Å². The zero-order chi connectivity index (χ0) is 23.2. The fourth-order valence-electron chi connectivity index (χ4n) is 4.19. The van der Waals surface area contributed by atoms with E-state index >= 15 is 0 Å². The molecule has 0 bridgehead atoms. The number of rotatable bonds is 7. The summed E-state index contributed by atoms with van der Waals surface area (Å²) in [4.78, 5) is 36.4. The minimum Gasteiger partial charge on any atom is -0.348 e. The van der Waals surface area contributed by atoms with Gasteiger partial charge in [-0.05, 0) is 38.3 Å². The van der Waals surface area contributed by atoms with E-state index < -0.39 is 0 Å². The third-order valence-corrected chi connectivity index (χ3v) is 6.14. The normalized spacial score (nSPS) is 15.9. The highest BCUT2D eigenvalue weighted by molar-refractivity contribution is 5.94. The van der Waals surface area contributed by atoms with Crippen molar-refractivity contribution in [2.75, 3.05) is 13.1 Å². The van der Waals surface area contributed by atoms with Gasteiger partial charge in [-0.2, -0.15) is 5.10 Å². The first-order valence-electron chi connectivity index (χ1n) is 11.4. The molecule has 0 saturated carbocycles. The lowest BCUT2D eigenvalue weighted by molar-refractivity contribution is -0.132. The van der Waals surface area contributed by atoms with Gasteiger partial charge in [-0.1, -0.05) is 30.3 Å². The predicted molar refractivity (Wildman–Crippen MR) is 125 cm³/mol. The van der Waals surface area contributed by atoms with Gasteiger partial charge in [0.1, 0.15) is 5.82 Å². The summed E-state index contributed by atoms with van der Waals surface area (Å²) in [5, 5.41) is 7.18. The molecule has 8 nitrogen and oxygen atoms in total. The molecule has 4 rings (SSSR count). The van der Waals surface area contributed by atoms with Gasteiger partial charge >= 0.3 is 0 Å². The molecule has 3 heterocycles. The maximum Gasteiger partial charge on any atom is 0.254 e. The molecule has 0 aliphatic carbocycles. The molecule has 172 valence electrons. The fraction of sp³-hybridized carbons (Fsp3) is 0.400. The van der Waals surface area contributed by atoms with Crippen molar-refractivity contribution in [2.45, 2.75) is 52.1 Å². The van der Waals surface area contributed by atoms with Gasteiger partial charge in [0, 0.05) is 56.6 Å². The molecule has 33 heavy (non-hydrogen) atoms. The number of nitrogens with one attached hydrogen (secondary N) is 1. The summed E-state index contributed by atoms with van der Waals surface area (Å²) in [6.07, 6.45) is 5.64. The molecule has 8 heteroatoms. The van der Waals surface area contributed by atoms with Crippen molar-refractivity contribution >= 4 is 11.8 Å². The number of piperidine rings is 1. The topological polar surface area (TPSA) is 93.0 Å². The number of carbonyl (C=O) groups is 2. The van der Waals surface area contributed by atoms with Crippen LogP contribution in [0.15, 0.2) is 48.8 Å². The Kier molecular flexibility index (Phi) is 7.12. The van der Waals surface area contributed by atoms with Crippen molar-refractivity contribution < 1.29 is 9.59 Å². The smallest absolute Gasteiger partial charge is 0.254 e. The lowest BCUT2D eigenvalue weighted by Gasteiger charge is -2.32. The number of hydrogen-bond acceptors (Lipinski definition) is 5. The number of hydrogen-bond donors (Lipinski definition) is 1. The zero-order valence-electron chi connectivity index (χ0n) is 19.2. The fourth-order valence-corrected chi connectivity index (χ4v) is 4.19. The van der Waals surface area contributed by atoms with Crippen LogP contribution in [0.2, 0.25) is 0 Å². The Bertz CT molecular complexity index is 1110. The van der Waals surface area contributed by atoms with Crippen LogP contribution in [0.1, 0.15) is 58.3 Å². The third-order valence-electron chi connectivity index (χ3n) is 6.14. The molecule has 0 unspecified atom stereocenters. The average Bonchev–Trinajstić information content (AvgIpc) is 3.26. The second-order valence-electron chi connectivity index (χ2n) is 8.52. The highest BCUT2D eigenvalue weighted by Crippen LogP contribution is 2.25. The van der Waals surface area contributed by atoms with Gasteiger partial charge in [-0.15, -0.1) is 0 Å². The molecule has 0 spiro atoms. The standard InChI is InChI=1S/C25H30N6O2/c1-18-10-12-28-31(18)14-11-23(32)30-13-6-9-21(17-30)24-26-16-22(19(2)29-24)25(33)27-15-20-7-4-3-5-8-20/h3-5,7-8,10,12,16,21H,6,9,11,13-15,17H2,1-2H3,(H,27,33)/t21-/m1/s1. The predicted octanol–water partition coefficient (Wildman–Crippen LogP) is 3.02. The Morgan fingerprint density at radius 1 is 1.15 bits per heavy atom. The van der Waals surface area contributed by atoms with Gasteiger partial charge in [-0.25, -0.2) is 9.97 Å². The minimum absolute atomic E-state index is 0.0780. The second kappa shape index (κ2) is 10.4. The average molecular weight is 447 g/mol. The molecule has 2 amide bonds. The molecule has 2 aromatic heterocycles. The zero-order valence-corrected chi connectivity index (χ0v) is 19.2. The Labute approximate surface area is 194 Å². The second-order valence-corrected chi connectivity index (χ2v) is 8.52. The Morgan fingerprint density at radius 3 is 2.70 bits per heavy atom. The Balaban J connectivity index is 1.35. The molecule has 1 fully saturated rings. The van der Waals surface area contributed by atoms with Crippen molar-refractivity contribution in [3.63, 3.8) is 0 Å². The summed E-state index contributed by atoms with van der Waals surface area (Å²) >= 11 is 0. The van der Waals surface area contributed by atoms with Crippen LogP contribution in [-0.4, -0.2) is 49.6 Å². The highest BCUT2D eigenvalue weighted by Gasteiger charge is 2.27. The number of benzene rings is 1. The Morgan fingerprint density at radius 2 is 1.97 bits per heavy atom. The number of nitrogens with zero attached hydrogens (tertiary/aromatic N) is 5. The lowest BCUT2D eigenvalue weighted by Crippen LogP contribution is -2.40. The first-order chi connectivity index (χ1) is 16.0. The molecule has 1 aromatic carbocycles. The molecule has 1 aliphatic heterocycles. The number of likely N-dealkylation sites (tertiary alicyclic amines) is 1. The summed E-state index contributed by atoms with van der Waals surface area (Å²) in [5.74, 6) is 0.724. The summed E-state index contributed by atoms with van der Waals surface area (Å²) in [5.41, 5.74) is 3.22. The van der Waals surface area contributed by atoms with Crippen molar-refractivity contribution in [3.05, 3.63) is 77.1 Å². The minimum atomic E-state index is -0.183. The SMILES string of the molecule is Cc1nc([C@@H]2CCCN(C(=O)CCn3nccc3C)C2)ncc1C(=O)NCc1ccccc1. The molecule has 3 aromatic rings. The van der Waals surface area contributed by atoms with E-state index in [-0.39, 0.29) is 17.7 Å². The molecule has 1 atom stereocenters. The third kappa shape index (κ3) is 5.63. The molecule has 0 radical (unpaired) electrons.